The zero-order valence-corrected chi connectivity index (χ0v) is 16.8. The van der Waals surface area contributed by atoms with E-state index in [1.807, 2.05) is 54.3 Å². The fourth-order valence-electron chi connectivity index (χ4n) is 3.76. The van der Waals surface area contributed by atoms with Crippen LogP contribution < -0.4 is 10.1 Å². The molecule has 1 saturated carbocycles. The molecule has 1 N–H and O–H groups in total. The van der Waals surface area contributed by atoms with Crippen molar-refractivity contribution in [1.82, 2.24) is 10.2 Å². The van der Waals surface area contributed by atoms with Crippen LogP contribution in [0.4, 0.5) is 0 Å². The molecule has 2 amide bonds. The zero-order valence-electron chi connectivity index (χ0n) is 16.8. The maximum Gasteiger partial charge on any atom is 0.251 e. The molecule has 2 aliphatic rings. The van der Waals surface area contributed by atoms with E-state index in [1.54, 1.807) is 12.1 Å². The maximum atomic E-state index is 12.5. The van der Waals surface area contributed by atoms with Crippen molar-refractivity contribution < 1.29 is 14.3 Å². The normalized spacial score (nSPS) is 18.2. The molecule has 0 radical (unpaired) electrons. The number of carbonyl (C=O) groups excluding carboxylic acids is 2. The molecule has 0 aromatic heterocycles. The van der Waals surface area contributed by atoms with Crippen LogP contribution in [0, 0.1) is 5.92 Å². The Morgan fingerprint density at radius 1 is 0.966 bits per heavy atom. The molecule has 0 spiro atoms. The predicted octanol–water partition coefficient (Wildman–Crippen LogP) is 3.96. The van der Waals surface area contributed by atoms with Crippen molar-refractivity contribution in [2.45, 2.75) is 44.8 Å². The van der Waals surface area contributed by atoms with Gasteiger partial charge in [0.15, 0.2) is 0 Å². The van der Waals surface area contributed by atoms with Gasteiger partial charge >= 0.3 is 0 Å². The van der Waals surface area contributed by atoms with Crippen LogP contribution in [-0.4, -0.2) is 35.9 Å². The first-order chi connectivity index (χ1) is 14.1. The third-order valence-electron chi connectivity index (χ3n) is 5.75. The van der Waals surface area contributed by atoms with Gasteiger partial charge in [-0.05, 0) is 49.6 Å². The predicted molar refractivity (Wildman–Crippen MR) is 112 cm³/mol. The SMILES string of the molecule is C[C@H](NC(=O)c1ccc(OC2CCN(C(=O)C3CC3)CC2)cc1)c1ccccc1. The summed E-state index contributed by atoms with van der Waals surface area (Å²) >= 11 is 0. The van der Waals surface area contributed by atoms with E-state index in [9.17, 15) is 9.59 Å². The summed E-state index contributed by atoms with van der Waals surface area (Å²) in [4.78, 5) is 26.6. The average molecular weight is 392 g/mol. The van der Waals surface area contributed by atoms with E-state index >= 15 is 0 Å². The van der Waals surface area contributed by atoms with Crippen molar-refractivity contribution in [1.29, 1.82) is 0 Å². The quantitative estimate of drug-likeness (QED) is 0.810. The molecule has 152 valence electrons. The summed E-state index contributed by atoms with van der Waals surface area (Å²) < 4.78 is 6.07. The Hall–Kier alpha value is -2.82. The molecule has 5 heteroatoms. The summed E-state index contributed by atoms with van der Waals surface area (Å²) in [6.07, 6.45) is 3.94. The first-order valence-electron chi connectivity index (χ1n) is 10.5. The molecule has 2 fully saturated rings. The molecule has 1 aliphatic carbocycles. The van der Waals surface area contributed by atoms with Crippen LogP contribution in [0.2, 0.25) is 0 Å². The minimum Gasteiger partial charge on any atom is -0.490 e. The molecule has 1 heterocycles. The highest BCUT2D eigenvalue weighted by molar-refractivity contribution is 5.94. The van der Waals surface area contributed by atoms with E-state index in [2.05, 4.69) is 5.32 Å². The number of benzene rings is 2. The van der Waals surface area contributed by atoms with E-state index in [0.717, 1.165) is 50.1 Å². The number of likely N-dealkylation sites (tertiary alicyclic amines) is 1. The van der Waals surface area contributed by atoms with Crippen LogP contribution in [-0.2, 0) is 4.79 Å². The van der Waals surface area contributed by atoms with Gasteiger partial charge < -0.3 is 15.0 Å². The van der Waals surface area contributed by atoms with E-state index in [4.69, 9.17) is 4.74 Å². The number of nitrogens with one attached hydrogen (secondary N) is 1. The van der Waals surface area contributed by atoms with E-state index in [0.29, 0.717) is 11.5 Å². The molecule has 4 rings (SSSR count). The van der Waals surface area contributed by atoms with Gasteiger partial charge in [0, 0.05) is 37.4 Å². The largest absolute Gasteiger partial charge is 0.490 e. The number of carbonyl (C=O) groups is 2. The summed E-state index contributed by atoms with van der Waals surface area (Å²) in [5, 5.41) is 3.03. The van der Waals surface area contributed by atoms with Crippen LogP contribution in [0.1, 0.15) is 54.6 Å². The Kier molecular flexibility index (Phi) is 5.84. The summed E-state index contributed by atoms with van der Waals surface area (Å²) in [5.74, 6) is 1.28. The summed E-state index contributed by atoms with van der Waals surface area (Å²) in [7, 11) is 0. The van der Waals surface area contributed by atoms with Crippen LogP contribution in [0.5, 0.6) is 5.75 Å². The Morgan fingerprint density at radius 2 is 1.62 bits per heavy atom. The lowest BCUT2D eigenvalue weighted by Gasteiger charge is -2.32. The van der Waals surface area contributed by atoms with Crippen molar-refractivity contribution in [2.75, 3.05) is 13.1 Å². The third kappa shape index (κ3) is 4.97. The van der Waals surface area contributed by atoms with Gasteiger partial charge in [0.05, 0.1) is 6.04 Å². The standard InChI is InChI=1S/C24H28N2O3/c1-17(18-5-3-2-4-6-18)25-23(27)19-9-11-21(12-10-19)29-22-13-15-26(16-14-22)24(28)20-7-8-20/h2-6,9-12,17,20,22H,7-8,13-16H2,1H3,(H,25,27)/t17-/m0/s1. The first-order valence-corrected chi connectivity index (χ1v) is 10.5. The summed E-state index contributed by atoms with van der Waals surface area (Å²) in [6, 6.07) is 17.2. The Balaban J connectivity index is 1.27. The van der Waals surface area contributed by atoms with Gasteiger partial charge in [0.1, 0.15) is 11.9 Å². The van der Waals surface area contributed by atoms with Crippen LogP contribution >= 0.6 is 0 Å². The lowest BCUT2D eigenvalue weighted by molar-refractivity contribution is -0.134. The lowest BCUT2D eigenvalue weighted by atomic mass is 10.1. The van der Waals surface area contributed by atoms with Gasteiger partial charge in [-0.25, -0.2) is 0 Å². The second kappa shape index (κ2) is 8.68. The monoisotopic (exact) mass is 392 g/mol. The van der Waals surface area contributed by atoms with Crippen molar-refractivity contribution >= 4 is 11.8 Å². The minimum absolute atomic E-state index is 0.0526. The van der Waals surface area contributed by atoms with Crippen molar-refractivity contribution in [3.63, 3.8) is 0 Å². The third-order valence-corrected chi connectivity index (χ3v) is 5.75. The molecular formula is C24H28N2O3. The zero-order chi connectivity index (χ0) is 20.2. The number of ether oxygens (including phenoxy) is 1. The second-order valence-electron chi connectivity index (χ2n) is 8.05. The fraction of sp³-hybridized carbons (Fsp3) is 0.417. The number of hydrogen-bond acceptors (Lipinski definition) is 3. The van der Waals surface area contributed by atoms with Crippen molar-refractivity contribution in [3.05, 3.63) is 65.7 Å². The van der Waals surface area contributed by atoms with E-state index < -0.39 is 0 Å². The number of hydrogen-bond donors (Lipinski definition) is 1. The molecule has 29 heavy (non-hydrogen) atoms. The van der Waals surface area contributed by atoms with Crippen LogP contribution in [0.3, 0.4) is 0 Å². The minimum atomic E-state index is -0.0974. The van der Waals surface area contributed by atoms with E-state index in [1.165, 1.54) is 0 Å². The number of rotatable bonds is 6. The Labute approximate surface area is 172 Å². The number of piperidine rings is 1. The topological polar surface area (TPSA) is 58.6 Å². The molecule has 2 aromatic carbocycles. The number of amides is 2. The Bertz CT molecular complexity index is 838. The highest BCUT2D eigenvalue weighted by Gasteiger charge is 2.35. The smallest absolute Gasteiger partial charge is 0.251 e. The molecular weight excluding hydrogens is 364 g/mol. The molecule has 1 saturated heterocycles. The van der Waals surface area contributed by atoms with Crippen LogP contribution in [0.15, 0.2) is 54.6 Å². The molecule has 1 aliphatic heterocycles. The Morgan fingerprint density at radius 3 is 2.24 bits per heavy atom. The van der Waals surface area contributed by atoms with Crippen molar-refractivity contribution in [3.8, 4) is 5.75 Å². The van der Waals surface area contributed by atoms with Crippen LogP contribution in [0.25, 0.3) is 0 Å². The highest BCUT2D eigenvalue weighted by Crippen LogP contribution is 2.32. The van der Waals surface area contributed by atoms with Gasteiger partial charge in [-0.1, -0.05) is 30.3 Å². The average Bonchev–Trinajstić information content (AvgIpc) is 3.60. The van der Waals surface area contributed by atoms with Gasteiger partial charge in [-0.2, -0.15) is 0 Å². The summed E-state index contributed by atoms with van der Waals surface area (Å²) in [6.45, 7) is 3.53. The number of nitrogens with zero attached hydrogens (tertiary/aromatic N) is 1. The van der Waals surface area contributed by atoms with Gasteiger partial charge in [-0.15, -0.1) is 0 Å². The molecule has 5 nitrogen and oxygen atoms in total. The lowest BCUT2D eigenvalue weighted by Crippen LogP contribution is -2.42. The van der Waals surface area contributed by atoms with Crippen molar-refractivity contribution in [2.24, 2.45) is 5.92 Å². The first kappa shape index (κ1) is 19.5. The molecule has 1 atom stereocenters. The maximum absolute atomic E-state index is 12.5. The second-order valence-corrected chi connectivity index (χ2v) is 8.05. The highest BCUT2D eigenvalue weighted by atomic mass is 16.5. The molecule has 0 unspecified atom stereocenters. The van der Waals surface area contributed by atoms with Gasteiger partial charge in [-0.3, -0.25) is 9.59 Å². The fourth-order valence-corrected chi connectivity index (χ4v) is 3.76. The van der Waals surface area contributed by atoms with Gasteiger partial charge in [0.25, 0.3) is 5.91 Å². The van der Waals surface area contributed by atoms with E-state index in [-0.39, 0.29) is 24.0 Å². The summed E-state index contributed by atoms with van der Waals surface area (Å²) in [5.41, 5.74) is 1.69. The van der Waals surface area contributed by atoms with Gasteiger partial charge in [0.2, 0.25) is 5.91 Å². The molecule has 2 aromatic rings. The molecule has 0 bridgehead atoms.